The topological polar surface area (TPSA) is 75.9 Å². The van der Waals surface area contributed by atoms with Crippen LogP contribution in [-0.2, 0) is 13.6 Å². The van der Waals surface area contributed by atoms with Gasteiger partial charge in [0.15, 0.2) is 11.2 Å². The van der Waals surface area contributed by atoms with Crippen molar-refractivity contribution in [3.63, 3.8) is 0 Å². The molecule has 2 rings (SSSR count). The van der Waals surface area contributed by atoms with Gasteiger partial charge in [0.25, 0.3) is 5.56 Å². The highest BCUT2D eigenvalue weighted by molar-refractivity contribution is 5.74. The summed E-state index contributed by atoms with van der Waals surface area (Å²) >= 11 is 0. The van der Waals surface area contributed by atoms with Crippen LogP contribution in [0.5, 0.6) is 0 Å². The molecule has 0 fully saturated rings. The molecule has 7 nitrogen and oxygen atoms in total. The highest BCUT2D eigenvalue weighted by atomic mass is 16.2. The first-order valence-electron chi connectivity index (χ1n) is 7.10. The Bertz CT molecular complexity index is 777. The lowest BCUT2D eigenvalue weighted by molar-refractivity contribution is 0.754. The first-order chi connectivity index (χ1) is 10.0. The molecular weight excluding hydrogens is 270 g/mol. The number of imidazole rings is 1. The van der Waals surface area contributed by atoms with Gasteiger partial charge in [-0.15, -0.1) is 0 Å². The van der Waals surface area contributed by atoms with Crippen LogP contribution in [0.3, 0.4) is 0 Å². The summed E-state index contributed by atoms with van der Waals surface area (Å²) in [7, 11) is 1.61. The molecule has 114 valence electrons. The van der Waals surface area contributed by atoms with E-state index in [1.165, 1.54) is 4.57 Å². The monoisotopic (exact) mass is 291 g/mol. The van der Waals surface area contributed by atoms with Crippen molar-refractivity contribution in [2.24, 2.45) is 7.05 Å². The molecule has 0 aliphatic rings. The Labute approximate surface area is 122 Å². The Kier molecular flexibility index (Phi) is 4.30. The molecule has 0 bridgehead atoms. The van der Waals surface area contributed by atoms with Crippen molar-refractivity contribution in [3.05, 3.63) is 33.0 Å². The zero-order chi connectivity index (χ0) is 15.6. The number of hydrogen-bond donors (Lipinski definition) is 1. The Morgan fingerprint density at radius 1 is 1.29 bits per heavy atom. The predicted molar refractivity (Wildman–Crippen MR) is 84.0 cm³/mol. The maximum Gasteiger partial charge on any atom is 0.329 e. The van der Waals surface area contributed by atoms with E-state index in [0.717, 1.165) is 13.1 Å². The molecule has 0 saturated heterocycles. The second-order valence-electron chi connectivity index (χ2n) is 4.75. The van der Waals surface area contributed by atoms with Gasteiger partial charge >= 0.3 is 5.69 Å². The van der Waals surface area contributed by atoms with Crippen LogP contribution < -0.4 is 16.1 Å². The van der Waals surface area contributed by atoms with E-state index in [2.05, 4.69) is 14.9 Å². The van der Waals surface area contributed by atoms with Crippen LogP contribution >= 0.6 is 0 Å². The van der Waals surface area contributed by atoms with Gasteiger partial charge in [-0.05, 0) is 20.8 Å². The van der Waals surface area contributed by atoms with E-state index in [4.69, 9.17) is 0 Å². The molecule has 21 heavy (non-hydrogen) atoms. The summed E-state index contributed by atoms with van der Waals surface area (Å²) in [5.41, 5.74) is -0.00922. The molecule has 2 aromatic heterocycles. The molecule has 0 saturated carbocycles. The predicted octanol–water partition coefficient (Wildman–Crippen LogP) is 0.846. The Morgan fingerprint density at radius 2 is 1.95 bits per heavy atom. The summed E-state index contributed by atoms with van der Waals surface area (Å²) < 4.78 is 3.22. The van der Waals surface area contributed by atoms with Gasteiger partial charge in [-0.25, -0.2) is 4.79 Å². The van der Waals surface area contributed by atoms with Crippen LogP contribution in [0.4, 0.5) is 5.95 Å². The summed E-state index contributed by atoms with van der Waals surface area (Å²) in [4.78, 5) is 32.8. The summed E-state index contributed by atoms with van der Waals surface area (Å²) in [6, 6.07) is 0. The first kappa shape index (κ1) is 15.1. The minimum Gasteiger partial charge on any atom is -0.343 e. The van der Waals surface area contributed by atoms with Crippen molar-refractivity contribution in [1.29, 1.82) is 0 Å². The number of nitrogens with zero attached hydrogens (tertiary/aromatic N) is 4. The van der Waals surface area contributed by atoms with Crippen LogP contribution in [0.2, 0.25) is 0 Å². The highest BCUT2D eigenvalue weighted by Gasteiger charge is 2.19. The maximum atomic E-state index is 12.2. The average Bonchev–Trinajstić information content (AvgIpc) is 2.84. The molecule has 1 N–H and O–H groups in total. The highest BCUT2D eigenvalue weighted by Crippen LogP contribution is 2.19. The van der Waals surface area contributed by atoms with E-state index in [1.54, 1.807) is 7.05 Å². The minimum absolute atomic E-state index is 0.400. The summed E-state index contributed by atoms with van der Waals surface area (Å²) in [6.45, 7) is 8.09. The van der Waals surface area contributed by atoms with Gasteiger partial charge in [-0.3, -0.25) is 14.3 Å². The van der Waals surface area contributed by atoms with E-state index < -0.39 is 11.2 Å². The molecule has 0 amide bonds. The lowest BCUT2D eigenvalue weighted by atomic mass is 10.4. The second-order valence-corrected chi connectivity index (χ2v) is 4.75. The van der Waals surface area contributed by atoms with Gasteiger partial charge in [0.05, 0.1) is 0 Å². The van der Waals surface area contributed by atoms with Crippen LogP contribution in [0, 0.1) is 0 Å². The van der Waals surface area contributed by atoms with Crippen molar-refractivity contribution in [2.45, 2.75) is 27.3 Å². The third-order valence-corrected chi connectivity index (χ3v) is 3.56. The third-order valence-electron chi connectivity index (χ3n) is 3.56. The number of allylic oxidation sites excluding steroid dienone is 2. The summed E-state index contributed by atoms with van der Waals surface area (Å²) in [5.74, 6) is 0.708. The zero-order valence-electron chi connectivity index (χ0n) is 12.9. The van der Waals surface area contributed by atoms with E-state index in [-0.39, 0.29) is 0 Å². The lowest BCUT2D eigenvalue weighted by Crippen LogP contribution is -2.29. The molecule has 2 heterocycles. The van der Waals surface area contributed by atoms with Gasteiger partial charge in [-0.2, -0.15) is 4.98 Å². The van der Waals surface area contributed by atoms with Gasteiger partial charge in [0.1, 0.15) is 0 Å². The molecule has 0 aliphatic heterocycles. The van der Waals surface area contributed by atoms with Crippen molar-refractivity contribution in [2.75, 3.05) is 18.0 Å². The Hall–Kier alpha value is -2.31. The molecule has 0 atom stereocenters. The molecule has 0 unspecified atom stereocenters. The number of fused-ring (bicyclic) bond motifs is 1. The summed E-state index contributed by atoms with van der Waals surface area (Å²) in [6.07, 6.45) is 3.88. The second kappa shape index (κ2) is 5.99. The minimum atomic E-state index is -0.450. The number of aromatic amines is 1. The van der Waals surface area contributed by atoms with E-state index in [1.807, 2.05) is 37.5 Å². The van der Waals surface area contributed by atoms with Crippen molar-refractivity contribution < 1.29 is 0 Å². The van der Waals surface area contributed by atoms with Crippen LogP contribution in [0.25, 0.3) is 11.2 Å². The smallest absolute Gasteiger partial charge is 0.329 e. The largest absolute Gasteiger partial charge is 0.343 e. The van der Waals surface area contributed by atoms with Crippen molar-refractivity contribution >= 4 is 17.1 Å². The molecule has 2 aromatic rings. The maximum absolute atomic E-state index is 12.2. The molecule has 0 spiro atoms. The van der Waals surface area contributed by atoms with Gasteiger partial charge in [-0.1, -0.05) is 12.2 Å². The van der Waals surface area contributed by atoms with E-state index in [0.29, 0.717) is 23.7 Å². The number of aryl methyl sites for hydroxylation is 1. The number of H-pyrrole nitrogens is 1. The third kappa shape index (κ3) is 2.51. The SMILES string of the molecule is C/C=C/Cn1c(N(CC)CC)nc2c1c(=O)[nH]c(=O)n2C. The van der Waals surface area contributed by atoms with Gasteiger partial charge in [0.2, 0.25) is 5.95 Å². The fourth-order valence-corrected chi connectivity index (χ4v) is 2.35. The zero-order valence-corrected chi connectivity index (χ0v) is 12.9. The lowest BCUT2D eigenvalue weighted by Gasteiger charge is -2.20. The van der Waals surface area contributed by atoms with Crippen molar-refractivity contribution in [3.8, 4) is 0 Å². The number of hydrogen-bond acceptors (Lipinski definition) is 4. The van der Waals surface area contributed by atoms with E-state index in [9.17, 15) is 9.59 Å². The first-order valence-corrected chi connectivity index (χ1v) is 7.10. The molecule has 0 aliphatic carbocycles. The number of anilines is 1. The van der Waals surface area contributed by atoms with E-state index >= 15 is 0 Å². The van der Waals surface area contributed by atoms with Gasteiger partial charge in [0, 0.05) is 26.7 Å². The Morgan fingerprint density at radius 3 is 2.52 bits per heavy atom. The normalized spacial score (nSPS) is 11.6. The molecule has 7 heteroatoms. The number of aromatic nitrogens is 4. The fraction of sp³-hybridized carbons (Fsp3) is 0.500. The van der Waals surface area contributed by atoms with Crippen molar-refractivity contribution in [1.82, 2.24) is 19.1 Å². The number of rotatable bonds is 5. The molecule has 0 radical (unpaired) electrons. The van der Waals surface area contributed by atoms with Gasteiger partial charge < -0.3 is 9.47 Å². The standard InChI is InChI=1S/C14H21N5O2/c1-5-8-9-19-10-11(15-13(19)18(6-2)7-3)17(4)14(21)16-12(10)20/h5,8H,6-7,9H2,1-4H3,(H,16,20,21)/b8-5+. The van der Waals surface area contributed by atoms with Crippen LogP contribution in [0.15, 0.2) is 21.7 Å². The quantitative estimate of drug-likeness (QED) is 0.829. The van der Waals surface area contributed by atoms with Crippen LogP contribution in [-0.4, -0.2) is 32.2 Å². The number of nitrogens with one attached hydrogen (secondary N) is 1. The van der Waals surface area contributed by atoms with Crippen LogP contribution in [0.1, 0.15) is 20.8 Å². The average molecular weight is 291 g/mol. The summed E-state index contributed by atoms with van der Waals surface area (Å²) in [5, 5.41) is 0. The fourth-order valence-electron chi connectivity index (χ4n) is 2.35. The molecule has 0 aromatic carbocycles. The molecular formula is C14H21N5O2. The Balaban J connectivity index is 2.85.